The van der Waals surface area contributed by atoms with Crippen molar-refractivity contribution in [2.75, 3.05) is 6.54 Å². The van der Waals surface area contributed by atoms with Crippen LogP contribution in [0.5, 0.6) is 0 Å². The number of nitrogens with one attached hydrogen (secondary N) is 1. The second kappa shape index (κ2) is 7.83. The van der Waals surface area contributed by atoms with Gasteiger partial charge < -0.3 is 10.4 Å². The third kappa shape index (κ3) is 4.48. The molecule has 0 bridgehead atoms. The van der Waals surface area contributed by atoms with Crippen LogP contribution in [0.2, 0.25) is 0 Å². The smallest absolute Gasteiger partial charge is 0.0576 e. The predicted molar refractivity (Wildman–Crippen MR) is 83.6 cm³/mol. The number of hydrogen-bond acceptors (Lipinski definition) is 2. The summed E-state index contributed by atoms with van der Waals surface area (Å²) in [6.07, 6.45) is 1.60. The fraction of sp³-hybridized carbons (Fsp3) is 0.333. The molecule has 2 aromatic carbocycles. The molecule has 1 atom stereocenters. The molecule has 2 nitrogen and oxygen atoms in total. The lowest BCUT2D eigenvalue weighted by molar-refractivity contribution is 0.181. The van der Waals surface area contributed by atoms with E-state index in [0.29, 0.717) is 0 Å². The van der Waals surface area contributed by atoms with Gasteiger partial charge in [0.2, 0.25) is 0 Å². The van der Waals surface area contributed by atoms with Gasteiger partial charge in [0.05, 0.1) is 12.1 Å². The lowest BCUT2D eigenvalue weighted by atomic mass is 9.98. The summed E-state index contributed by atoms with van der Waals surface area (Å²) in [5.41, 5.74) is 2.55. The summed E-state index contributed by atoms with van der Waals surface area (Å²) >= 11 is 0. The van der Waals surface area contributed by atoms with Crippen molar-refractivity contribution < 1.29 is 5.11 Å². The van der Waals surface area contributed by atoms with Crippen molar-refractivity contribution in [3.63, 3.8) is 0 Å². The van der Waals surface area contributed by atoms with Crippen molar-refractivity contribution in [2.24, 2.45) is 0 Å². The molecule has 20 heavy (non-hydrogen) atoms. The van der Waals surface area contributed by atoms with Gasteiger partial charge in [0.25, 0.3) is 0 Å². The molecule has 1 unspecified atom stereocenters. The second-order valence-electron chi connectivity index (χ2n) is 5.20. The van der Waals surface area contributed by atoms with Gasteiger partial charge in [-0.25, -0.2) is 0 Å². The van der Waals surface area contributed by atoms with Crippen molar-refractivity contribution >= 4 is 0 Å². The van der Waals surface area contributed by atoms with Crippen molar-refractivity contribution in [1.29, 1.82) is 0 Å². The van der Waals surface area contributed by atoms with E-state index in [9.17, 15) is 5.11 Å². The number of hydrogen-bond donors (Lipinski definition) is 2. The molecule has 0 aliphatic heterocycles. The summed E-state index contributed by atoms with van der Waals surface area (Å²) in [7, 11) is 0. The third-order valence-electron chi connectivity index (χ3n) is 3.41. The molecule has 0 aromatic heterocycles. The van der Waals surface area contributed by atoms with Gasteiger partial charge >= 0.3 is 0 Å². The van der Waals surface area contributed by atoms with Gasteiger partial charge in [0, 0.05) is 0 Å². The quantitative estimate of drug-likeness (QED) is 0.754. The molecule has 0 radical (unpaired) electrons. The van der Waals surface area contributed by atoms with Crippen molar-refractivity contribution in [1.82, 2.24) is 5.32 Å². The van der Waals surface area contributed by atoms with Gasteiger partial charge in [-0.05, 0) is 37.4 Å². The molecular weight excluding hydrogens is 246 g/mol. The first kappa shape index (κ1) is 14.8. The highest BCUT2D eigenvalue weighted by molar-refractivity contribution is 5.31. The Morgan fingerprint density at radius 2 is 1.40 bits per heavy atom. The van der Waals surface area contributed by atoms with E-state index < -0.39 is 0 Å². The Kier molecular flexibility index (Phi) is 5.78. The van der Waals surface area contributed by atoms with E-state index in [2.05, 4.69) is 53.8 Å². The fourth-order valence-electron chi connectivity index (χ4n) is 2.36. The van der Waals surface area contributed by atoms with Crippen LogP contribution in [0.25, 0.3) is 0 Å². The van der Waals surface area contributed by atoms with Gasteiger partial charge in [-0.3, -0.25) is 0 Å². The number of aliphatic hydroxyl groups is 1. The fourth-order valence-corrected chi connectivity index (χ4v) is 2.36. The van der Waals surface area contributed by atoms with Crippen LogP contribution in [0.1, 0.15) is 36.9 Å². The number of rotatable bonds is 7. The molecular formula is C18H23NO. The van der Waals surface area contributed by atoms with Crippen molar-refractivity contribution in [2.45, 2.75) is 31.9 Å². The average Bonchev–Trinajstić information content (AvgIpc) is 2.49. The third-order valence-corrected chi connectivity index (χ3v) is 3.41. The minimum Gasteiger partial charge on any atom is -0.393 e. The van der Waals surface area contributed by atoms with Gasteiger partial charge in [0.1, 0.15) is 0 Å². The van der Waals surface area contributed by atoms with Gasteiger partial charge in [-0.1, -0.05) is 60.7 Å². The first-order chi connectivity index (χ1) is 9.77. The minimum absolute atomic E-state index is 0.214. The first-order valence-electron chi connectivity index (χ1n) is 7.28. The summed E-state index contributed by atoms with van der Waals surface area (Å²) in [6.45, 7) is 2.74. The van der Waals surface area contributed by atoms with Crippen molar-refractivity contribution in [3.05, 3.63) is 71.8 Å². The zero-order valence-corrected chi connectivity index (χ0v) is 12.0. The maximum atomic E-state index is 9.32. The first-order valence-corrected chi connectivity index (χ1v) is 7.28. The minimum atomic E-state index is -0.219. The van der Waals surface area contributed by atoms with E-state index in [1.165, 1.54) is 11.1 Å². The zero-order valence-electron chi connectivity index (χ0n) is 12.0. The SMILES string of the molecule is CC(O)CCCNC(c1ccccc1)c1ccccc1. The van der Waals surface area contributed by atoms with Gasteiger partial charge in [-0.15, -0.1) is 0 Å². The maximum Gasteiger partial charge on any atom is 0.0576 e. The Bertz CT molecular complexity index is 442. The van der Waals surface area contributed by atoms with E-state index in [4.69, 9.17) is 0 Å². The Morgan fingerprint density at radius 3 is 1.85 bits per heavy atom. The molecule has 0 fully saturated rings. The lowest BCUT2D eigenvalue weighted by Crippen LogP contribution is -2.24. The highest BCUT2D eigenvalue weighted by Crippen LogP contribution is 2.21. The predicted octanol–water partition coefficient (Wildman–Crippen LogP) is 3.53. The molecule has 0 saturated carbocycles. The summed E-state index contributed by atoms with van der Waals surface area (Å²) in [6, 6.07) is 21.2. The van der Waals surface area contributed by atoms with Crippen LogP contribution in [0.15, 0.2) is 60.7 Å². The van der Waals surface area contributed by atoms with Crippen LogP contribution in [-0.2, 0) is 0 Å². The standard InChI is InChI=1S/C18H23NO/c1-15(20)9-8-14-19-18(16-10-4-2-5-11-16)17-12-6-3-7-13-17/h2-7,10-13,15,18-20H,8-9,14H2,1H3. The maximum absolute atomic E-state index is 9.32. The van der Waals surface area contributed by atoms with Crippen molar-refractivity contribution in [3.8, 4) is 0 Å². The summed E-state index contributed by atoms with van der Waals surface area (Å²) in [5.74, 6) is 0. The molecule has 2 N–H and O–H groups in total. The van der Waals surface area contributed by atoms with E-state index >= 15 is 0 Å². The van der Waals surface area contributed by atoms with Crippen LogP contribution >= 0.6 is 0 Å². The van der Waals surface area contributed by atoms with Gasteiger partial charge in [-0.2, -0.15) is 0 Å². The number of aliphatic hydroxyl groups excluding tert-OH is 1. The highest BCUT2D eigenvalue weighted by atomic mass is 16.3. The van der Waals surface area contributed by atoms with Gasteiger partial charge in [0.15, 0.2) is 0 Å². The molecule has 0 aliphatic rings. The Morgan fingerprint density at radius 1 is 0.900 bits per heavy atom. The zero-order chi connectivity index (χ0) is 14.2. The monoisotopic (exact) mass is 269 g/mol. The van der Waals surface area contributed by atoms with E-state index in [-0.39, 0.29) is 12.1 Å². The average molecular weight is 269 g/mol. The number of benzene rings is 2. The molecule has 0 spiro atoms. The molecule has 0 saturated heterocycles. The van der Waals surface area contributed by atoms with Crippen LogP contribution in [0.3, 0.4) is 0 Å². The molecule has 2 heteroatoms. The van der Waals surface area contributed by atoms with Crippen LogP contribution in [-0.4, -0.2) is 17.8 Å². The highest BCUT2D eigenvalue weighted by Gasteiger charge is 2.12. The van der Waals surface area contributed by atoms with Crippen LogP contribution in [0.4, 0.5) is 0 Å². The Labute approximate surface area is 121 Å². The topological polar surface area (TPSA) is 32.3 Å². The Balaban J connectivity index is 2.06. The molecule has 0 aliphatic carbocycles. The summed E-state index contributed by atoms with van der Waals surface area (Å²) < 4.78 is 0. The molecule has 0 heterocycles. The van der Waals surface area contributed by atoms with E-state index in [1.807, 2.05) is 19.1 Å². The van der Waals surface area contributed by atoms with Crippen LogP contribution < -0.4 is 5.32 Å². The molecule has 2 aromatic rings. The molecule has 106 valence electrons. The largest absolute Gasteiger partial charge is 0.393 e. The van der Waals surface area contributed by atoms with E-state index in [1.54, 1.807) is 0 Å². The van der Waals surface area contributed by atoms with Crippen LogP contribution in [0, 0.1) is 0 Å². The molecule has 2 rings (SSSR count). The normalized spacial score (nSPS) is 12.6. The second-order valence-corrected chi connectivity index (χ2v) is 5.20. The van der Waals surface area contributed by atoms with E-state index in [0.717, 1.165) is 19.4 Å². The Hall–Kier alpha value is -1.64. The summed E-state index contributed by atoms with van der Waals surface area (Å²) in [5, 5.41) is 12.9. The lowest BCUT2D eigenvalue weighted by Gasteiger charge is -2.20. The summed E-state index contributed by atoms with van der Waals surface area (Å²) in [4.78, 5) is 0. The molecule has 0 amide bonds.